The van der Waals surface area contributed by atoms with Gasteiger partial charge < -0.3 is 28.4 Å². The van der Waals surface area contributed by atoms with Crippen LogP contribution < -0.4 is 0 Å². The number of ether oxygens (including phenoxy) is 6. The third-order valence-corrected chi connectivity index (χ3v) is 3.42. The SMILES string of the molecule is CO[C@@H]1[C@@H](OC(C)=O)[C@H](OC(C)=O)CO[C@@H]2OC(C)(C)O[C@@H]21. The van der Waals surface area contributed by atoms with E-state index in [1.54, 1.807) is 13.8 Å². The molecule has 0 radical (unpaired) electrons. The Morgan fingerprint density at radius 2 is 1.68 bits per heavy atom. The molecule has 0 aliphatic carbocycles. The Bertz CT molecular complexity index is 435. The maximum Gasteiger partial charge on any atom is 0.303 e. The van der Waals surface area contributed by atoms with Gasteiger partial charge in [-0.1, -0.05) is 0 Å². The number of hydrogen-bond acceptors (Lipinski definition) is 8. The molecule has 8 heteroatoms. The van der Waals surface area contributed by atoms with Crippen molar-refractivity contribution >= 4 is 11.9 Å². The van der Waals surface area contributed by atoms with E-state index in [-0.39, 0.29) is 6.61 Å². The van der Waals surface area contributed by atoms with E-state index in [4.69, 9.17) is 28.4 Å². The van der Waals surface area contributed by atoms with Crippen molar-refractivity contribution in [1.29, 1.82) is 0 Å². The lowest BCUT2D eigenvalue weighted by Crippen LogP contribution is -2.50. The van der Waals surface area contributed by atoms with E-state index in [1.807, 2.05) is 0 Å². The van der Waals surface area contributed by atoms with Crippen molar-refractivity contribution in [3.8, 4) is 0 Å². The number of methoxy groups -OCH3 is 1. The molecule has 0 unspecified atom stereocenters. The second-order valence-corrected chi connectivity index (χ2v) is 5.72. The zero-order valence-corrected chi connectivity index (χ0v) is 13.4. The Hall–Kier alpha value is -1.22. The topological polar surface area (TPSA) is 89.5 Å². The monoisotopic (exact) mass is 318 g/mol. The van der Waals surface area contributed by atoms with Crippen LogP contribution in [0.1, 0.15) is 27.7 Å². The van der Waals surface area contributed by atoms with E-state index in [0.29, 0.717) is 0 Å². The van der Waals surface area contributed by atoms with Crippen LogP contribution in [0.5, 0.6) is 0 Å². The van der Waals surface area contributed by atoms with Crippen molar-refractivity contribution in [2.45, 2.75) is 64.2 Å². The minimum atomic E-state index is -0.848. The van der Waals surface area contributed by atoms with Crippen molar-refractivity contribution < 1.29 is 38.0 Å². The van der Waals surface area contributed by atoms with Crippen LogP contribution in [-0.4, -0.2) is 62.1 Å². The van der Waals surface area contributed by atoms with Crippen molar-refractivity contribution in [3.63, 3.8) is 0 Å². The molecule has 0 bridgehead atoms. The summed E-state index contributed by atoms with van der Waals surface area (Å²) in [5, 5.41) is 0. The van der Waals surface area contributed by atoms with Gasteiger partial charge in [-0.2, -0.15) is 0 Å². The highest BCUT2D eigenvalue weighted by molar-refractivity contribution is 5.67. The molecule has 0 amide bonds. The van der Waals surface area contributed by atoms with Gasteiger partial charge >= 0.3 is 11.9 Å². The Labute approximate surface area is 128 Å². The normalized spacial score (nSPS) is 37.0. The van der Waals surface area contributed by atoms with Crippen LogP contribution in [0.25, 0.3) is 0 Å². The lowest BCUT2D eigenvalue weighted by molar-refractivity contribution is -0.213. The fraction of sp³-hybridized carbons (Fsp3) is 0.857. The highest BCUT2D eigenvalue weighted by Gasteiger charge is 2.54. The Morgan fingerprint density at radius 1 is 1.05 bits per heavy atom. The van der Waals surface area contributed by atoms with Gasteiger partial charge in [-0.05, 0) is 13.8 Å². The first-order valence-electron chi connectivity index (χ1n) is 7.08. The van der Waals surface area contributed by atoms with Gasteiger partial charge in [0.05, 0.1) is 6.61 Å². The largest absolute Gasteiger partial charge is 0.456 e. The van der Waals surface area contributed by atoms with Gasteiger partial charge in [0.2, 0.25) is 0 Å². The van der Waals surface area contributed by atoms with Gasteiger partial charge in [-0.15, -0.1) is 0 Å². The molecule has 5 atom stereocenters. The van der Waals surface area contributed by atoms with Crippen LogP contribution in [0.4, 0.5) is 0 Å². The molecule has 126 valence electrons. The van der Waals surface area contributed by atoms with Gasteiger partial charge in [0.1, 0.15) is 12.2 Å². The summed E-state index contributed by atoms with van der Waals surface area (Å²) in [5.74, 6) is -1.86. The van der Waals surface area contributed by atoms with E-state index < -0.39 is 48.4 Å². The summed E-state index contributed by atoms with van der Waals surface area (Å²) in [5.41, 5.74) is 0. The highest BCUT2D eigenvalue weighted by Crippen LogP contribution is 2.36. The van der Waals surface area contributed by atoms with Crippen LogP contribution in [0.15, 0.2) is 0 Å². The standard InChI is InChI=1S/C14H22O8/c1-7(15)19-9-6-18-13-12(21-14(3,4)22-13)11(17-5)10(9)20-8(2)16/h9-13H,6H2,1-5H3/t9-,10+,11-,12-,13-/m1/s1. The Balaban J connectivity index is 2.27. The first-order chi connectivity index (χ1) is 10.2. The lowest BCUT2D eigenvalue weighted by Gasteiger charge is -2.31. The van der Waals surface area contributed by atoms with Crippen molar-refractivity contribution in [2.24, 2.45) is 0 Å². The van der Waals surface area contributed by atoms with Gasteiger partial charge in [-0.3, -0.25) is 9.59 Å². The van der Waals surface area contributed by atoms with Gasteiger partial charge in [0.25, 0.3) is 0 Å². The predicted octanol–water partition coefficient (Wildman–Crippen LogP) is 0.373. The average Bonchev–Trinajstić information content (AvgIpc) is 2.62. The molecular weight excluding hydrogens is 296 g/mol. The summed E-state index contributed by atoms with van der Waals surface area (Å²) in [6.07, 6.45) is -3.64. The molecule has 0 saturated carbocycles. The lowest BCUT2D eigenvalue weighted by atomic mass is 10.0. The molecule has 0 spiro atoms. The molecule has 2 saturated heterocycles. The third kappa shape index (κ3) is 3.75. The van der Waals surface area contributed by atoms with Crippen molar-refractivity contribution in [3.05, 3.63) is 0 Å². The zero-order valence-electron chi connectivity index (χ0n) is 13.4. The van der Waals surface area contributed by atoms with Crippen LogP contribution >= 0.6 is 0 Å². The second-order valence-electron chi connectivity index (χ2n) is 5.72. The number of carbonyl (C=O) groups is 2. The van der Waals surface area contributed by atoms with E-state index in [9.17, 15) is 9.59 Å². The summed E-state index contributed by atoms with van der Waals surface area (Å²) < 4.78 is 33.0. The van der Waals surface area contributed by atoms with E-state index in [2.05, 4.69) is 0 Å². The Morgan fingerprint density at radius 3 is 2.23 bits per heavy atom. The number of rotatable bonds is 3. The molecule has 2 heterocycles. The quantitative estimate of drug-likeness (QED) is 0.690. The number of fused-ring (bicyclic) bond motifs is 1. The molecule has 2 aliphatic heterocycles. The molecule has 0 N–H and O–H groups in total. The summed E-state index contributed by atoms with van der Waals surface area (Å²) in [6.45, 7) is 6.06. The molecule has 0 aromatic rings. The Kier molecular flexibility index (Phi) is 5.06. The summed E-state index contributed by atoms with van der Waals surface area (Å²) in [7, 11) is 1.46. The molecule has 8 nitrogen and oxygen atoms in total. The molecule has 0 aromatic heterocycles. The minimum absolute atomic E-state index is 0.0119. The predicted molar refractivity (Wildman–Crippen MR) is 71.7 cm³/mol. The first kappa shape index (κ1) is 17.1. The van der Waals surface area contributed by atoms with E-state index in [1.165, 1.54) is 21.0 Å². The number of esters is 2. The molecule has 22 heavy (non-hydrogen) atoms. The molecule has 2 fully saturated rings. The van der Waals surface area contributed by atoms with Gasteiger partial charge in [0, 0.05) is 21.0 Å². The maximum atomic E-state index is 11.4. The molecule has 0 aromatic carbocycles. The summed E-state index contributed by atoms with van der Waals surface area (Å²) >= 11 is 0. The van der Waals surface area contributed by atoms with Gasteiger partial charge in [-0.25, -0.2) is 0 Å². The first-order valence-corrected chi connectivity index (χ1v) is 7.08. The highest BCUT2D eigenvalue weighted by atomic mass is 16.8. The van der Waals surface area contributed by atoms with E-state index >= 15 is 0 Å². The third-order valence-electron chi connectivity index (χ3n) is 3.42. The number of hydrogen-bond donors (Lipinski definition) is 0. The minimum Gasteiger partial charge on any atom is -0.456 e. The maximum absolute atomic E-state index is 11.4. The zero-order chi connectivity index (χ0) is 16.5. The van der Waals surface area contributed by atoms with Crippen LogP contribution in [0, 0.1) is 0 Å². The second kappa shape index (κ2) is 6.49. The number of carbonyl (C=O) groups excluding carboxylic acids is 2. The summed E-state index contributed by atoms with van der Waals surface area (Å²) in [4.78, 5) is 22.7. The molecular formula is C14H22O8. The fourth-order valence-electron chi connectivity index (χ4n) is 2.71. The fourth-order valence-corrected chi connectivity index (χ4v) is 2.71. The van der Waals surface area contributed by atoms with E-state index in [0.717, 1.165) is 0 Å². The van der Waals surface area contributed by atoms with Crippen LogP contribution in [0.2, 0.25) is 0 Å². The van der Waals surface area contributed by atoms with Crippen LogP contribution in [0.3, 0.4) is 0 Å². The molecule has 2 aliphatic rings. The summed E-state index contributed by atoms with van der Waals surface area (Å²) in [6, 6.07) is 0. The average molecular weight is 318 g/mol. The van der Waals surface area contributed by atoms with Crippen molar-refractivity contribution in [1.82, 2.24) is 0 Å². The van der Waals surface area contributed by atoms with Gasteiger partial charge in [0.15, 0.2) is 24.3 Å². The molecule has 2 rings (SSSR count). The van der Waals surface area contributed by atoms with Crippen molar-refractivity contribution in [2.75, 3.05) is 13.7 Å². The van der Waals surface area contributed by atoms with Crippen LogP contribution in [-0.2, 0) is 38.0 Å². The smallest absolute Gasteiger partial charge is 0.303 e.